The van der Waals surface area contributed by atoms with Gasteiger partial charge in [-0.2, -0.15) is 0 Å². The minimum atomic E-state index is 0.709. The minimum Gasteiger partial charge on any atom is -0.456 e. The van der Waals surface area contributed by atoms with Crippen LogP contribution in [-0.2, 0) is 0 Å². The van der Waals surface area contributed by atoms with Crippen molar-refractivity contribution in [1.29, 1.82) is 0 Å². The third-order valence-electron chi connectivity index (χ3n) is 7.67. The summed E-state index contributed by atoms with van der Waals surface area (Å²) in [6.07, 6.45) is 0. The summed E-state index contributed by atoms with van der Waals surface area (Å²) in [5.41, 5.74) is 9.99. The van der Waals surface area contributed by atoms with E-state index in [1.54, 1.807) is 0 Å². The molecule has 2 aromatic heterocycles. The zero-order valence-corrected chi connectivity index (χ0v) is 21.7. The largest absolute Gasteiger partial charge is 0.456 e. The van der Waals surface area contributed by atoms with Gasteiger partial charge in [-0.3, -0.25) is 0 Å². The van der Waals surface area contributed by atoms with E-state index in [9.17, 15) is 0 Å². The van der Waals surface area contributed by atoms with Crippen LogP contribution in [0.2, 0.25) is 5.02 Å². The van der Waals surface area contributed by atoms with Gasteiger partial charge in [-0.05, 0) is 71.3 Å². The van der Waals surface area contributed by atoms with Crippen LogP contribution < -0.4 is 0 Å². The average Bonchev–Trinajstić information content (AvgIpc) is 3.52. The number of fused-ring (bicyclic) bond motifs is 6. The fourth-order valence-corrected chi connectivity index (χ4v) is 6.04. The van der Waals surface area contributed by atoms with Crippen molar-refractivity contribution in [2.24, 2.45) is 0 Å². The van der Waals surface area contributed by atoms with Gasteiger partial charge >= 0.3 is 0 Å². The molecule has 6 aromatic carbocycles. The van der Waals surface area contributed by atoms with Crippen molar-refractivity contribution in [1.82, 2.24) is 4.57 Å². The maximum absolute atomic E-state index is 6.31. The van der Waals surface area contributed by atoms with Crippen molar-refractivity contribution in [2.75, 3.05) is 0 Å². The molecule has 0 bridgehead atoms. The van der Waals surface area contributed by atoms with E-state index in [1.807, 2.05) is 18.2 Å². The predicted molar refractivity (Wildman–Crippen MR) is 164 cm³/mol. The molecule has 0 aliphatic rings. The summed E-state index contributed by atoms with van der Waals surface area (Å²) < 4.78 is 8.46. The van der Waals surface area contributed by atoms with E-state index >= 15 is 0 Å². The molecule has 0 spiro atoms. The Morgan fingerprint density at radius 3 is 1.97 bits per heavy atom. The van der Waals surface area contributed by atoms with Crippen LogP contribution in [0, 0.1) is 0 Å². The molecular weight excluding hydrogens is 498 g/mol. The monoisotopic (exact) mass is 519 g/mol. The summed E-state index contributed by atoms with van der Waals surface area (Å²) in [5.74, 6) is 0. The van der Waals surface area contributed by atoms with E-state index in [4.69, 9.17) is 16.0 Å². The molecule has 8 aromatic rings. The Kier molecular flexibility index (Phi) is 4.91. The van der Waals surface area contributed by atoms with Gasteiger partial charge in [-0.15, -0.1) is 0 Å². The predicted octanol–water partition coefficient (Wildman–Crippen LogP) is 10.7. The summed E-state index contributed by atoms with van der Waals surface area (Å²) in [6, 6.07) is 46.9. The first-order valence-electron chi connectivity index (χ1n) is 13.0. The lowest BCUT2D eigenvalue weighted by atomic mass is 10.0. The van der Waals surface area contributed by atoms with Crippen molar-refractivity contribution in [2.45, 2.75) is 0 Å². The third-order valence-corrected chi connectivity index (χ3v) is 7.90. The molecule has 0 aliphatic heterocycles. The smallest absolute Gasteiger partial charge is 0.135 e. The summed E-state index contributed by atoms with van der Waals surface area (Å²) in [6.45, 7) is 0. The van der Waals surface area contributed by atoms with Crippen LogP contribution in [0.3, 0.4) is 0 Å². The fourth-order valence-electron chi connectivity index (χ4n) is 5.87. The molecule has 2 heterocycles. The molecule has 0 fully saturated rings. The highest BCUT2D eigenvalue weighted by Gasteiger charge is 2.16. The topological polar surface area (TPSA) is 18.1 Å². The van der Waals surface area contributed by atoms with Crippen LogP contribution in [0.5, 0.6) is 0 Å². The van der Waals surface area contributed by atoms with Crippen LogP contribution in [0.1, 0.15) is 0 Å². The Bertz CT molecular complexity index is 2190. The number of aromatic nitrogens is 1. The van der Waals surface area contributed by atoms with Crippen molar-refractivity contribution in [3.05, 3.63) is 138 Å². The van der Waals surface area contributed by atoms with Gasteiger partial charge in [0.15, 0.2) is 0 Å². The first-order chi connectivity index (χ1) is 19.2. The second-order valence-electron chi connectivity index (χ2n) is 9.92. The van der Waals surface area contributed by atoms with Gasteiger partial charge in [-0.25, -0.2) is 0 Å². The third kappa shape index (κ3) is 3.49. The second-order valence-corrected chi connectivity index (χ2v) is 10.4. The number of nitrogens with zero attached hydrogens (tertiary/aromatic N) is 1. The second kappa shape index (κ2) is 8.62. The van der Waals surface area contributed by atoms with Gasteiger partial charge in [0.2, 0.25) is 0 Å². The minimum absolute atomic E-state index is 0.709. The maximum atomic E-state index is 6.31. The average molecular weight is 520 g/mol. The lowest BCUT2D eigenvalue weighted by molar-refractivity contribution is 0.669. The SMILES string of the molecule is Clc1ccc2oc3ccc(-c4ccc5c(c4)c4ccccc4n5-c4ccccc4-c4ccccc4)cc3c2c1. The lowest BCUT2D eigenvalue weighted by Gasteiger charge is -2.14. The van der Waals surface area contributed by atoms with Gasteiger partial charge in [0, 0.05) is 32.1 Å². The van der Waals surface area contributed by atoms with Gasteiger partial charge in [-0.1, -0.05) is 90.5 Å². The van der Waals surface area contributed by atoms with Crippen molar-refractivity contribution in [3.63, 3.8) is 0 Å². The van der Waals surface area contributed by atoms with E-state index < -0.39 is 0 Å². The molecule has 0 unspecified atom stereocenters. The molecule has 3 heteroatoms. The first kappa shape index (κ1) is 22.2. The standard InChI is InChI=1S/C36H22ClNO/c37-26-16-19-36-31(22-26)30-21-25(15-18-35(30)39-36)24-14-17-34-29(20-24)28-11-5-7-13-33(28)38(34)32-12-6-4-10-27(32)23-8-2-1-3-9-23/h1-22H. The van der Waals surface area contributed by atoms with Crippen molar-refractivity contribution in [3.8, 4) is 27.9 Å². The van der Waals surface area contributed by atoms with Crippen molar-refractivity contribution < 1.29 is 4.42 Å². The molecule has 0 aliphatic carbocycles. The van der Waals surface area contributed by atoms with E-state index in [0.29, 0.717) is 5.02 Å². The molecule has 0 N–H and O–H groups in total. The van der Waals surface area contributed by atoms with Gasteiger partial charge in [0.1, 0.15) is 11.2 Å². The van der Waals surface area contributed by atoms with Crippen LogP contribution in [0.25, 0.3) is 71.7 Å². The molecule has 8 rings (SSSR count). The summed E-state index contributed by atoms with van der Waals surface area (Å²) >= 11 is 6.31. The molecule has 39 heavy (non-hydrogen) atoms. The van der Waals surface area contributed by atoms with Crippen LogP contribution in [0.15, 0.2) is 138 Å². The summed E-state index contributed by atoms with van der Waals surface area (Å²) in [5, 5.41) is 5.28. The lowest BCUT2D eigenvalue weighted by Crippen LogP contribution is -1.96. The first-order valence-corrected chi connectivity index (χ1v) is 13.4. The van der Waals surface area contributed by atoms with Crippen LogP contribution >= 0.6 is 11.6 Å². The number of benzene rings is 6. The van der Waals surface area contributed by atoms with Crippen LogP contribution in [-0.4, -0.2) is 4.57 Å². The Morgan fingerprint density at radius 1 is 0.462 bits per heavy atom. The molecule has 0 atom stereocenters. The molecule has 0 amide bonds. The zero-order chi connectivity index (χ0) is 25.9. The van der Waals surface area contributed by atoms with Gasteiger partial charge < -0.3 is 8.98 Å². The molecule has 184 valence electrons. The Balaban J connectivity index is 1.36. The molecular formula is C36H22ClNO. The fraction of sp³-hybridized carbons (Fsp3) is 0. The number of rotatable bonds is 3. The van der Waals surface area contributed by atoms with E-state index in [1.165, 1.54) is 44.2 Å². The highest BCUT2D eigenvalue weighted by atomic mass is 35.5. The Morgan fingerprint density at radius 2 is 1.10 bits per heavy atom. The Hall–Kier alpha value is -4.79. The normalized spacial score (nSPS) is 11.7. The zero-order valence-electron chi connectivity index (χ0n) is 20.9. The number of furan rings is 1. The van der Waals surface area contributed by atoms with E-state index in [2.05, 4.69) is 120 Å². The summed E-state index contributed by atoms with van der Waals surface area (Å²) in [4.78, 5) is 0. The molecule has 2 nitrogen and oxygen atoms in total. The highest BCUT2D eigenvalue weighted by Crippen LogP contribution is 2.39. The maximum Gasteiger partial charge on any atom is 0.135 e. The number of para-hydroxylation sites is 2. The Labute approximate surface area is 230 Å². The number of halogens is 1. The molecule has 0 saturated heterocycles. The van der Waals surface area contributed by atoms with E-state index in [0.717, 1.165) is 27.5 Å². The number of hydrogen-bond acceptors (Lipinski definition) is 1. The van der Waals surface area contributed by atoms with Gasteiger partial charge in [0.25, 0.3) is 0 Å². The number of hydrogen-bond donors (Lipinski definition) is 0. The van der Waals surface area contributed by atoms with Crippen LogP contribution in [0.4, 0.5) is 0 Å². The molecule has 0 radical (unpaired) electrons. The highest BCUT2D eigenvalue weighted by molar-refractivity contribution is 6.31. The van der Waals surface area contributed by atoms with Gasteiger partial charge in [0.05, 0.1) is 16.7 Å². The molecule has 0 saturated carbocycles. The summed E-state index contributed by atoms with van der Waals surface area (Å²) in [7, 11) is 0. The van der Waals surface area contributed by atoms with Crippen molar-refractivity contribution >= 4 is 55.3 Å². The van der Waals surface area contributed by atoms with E-state index in [-0.39, 0.29) is 0 Å². The quantitative estimate of drug-likeness (QED) is 0.227.